The van der Waals surface area contributed by atoms with Crippen LogP contribution in [0.2, 0.25) is 0 Å². The zero-order valence-electron chi connectivity index (χ0n) is 13.9. The Balaban J connectivity index is 4.65. The average Bonchev–Trinajstić information content (AvgIpc) is 2.46. The third-order valence-corrected chi connectivity index (χ3v) is 3.66. The number of nitrogens with two attached hydrogens (primary N) is 1. The maximum absolute atomic E-state index is 12.7. The maximum atomic E-state index is 12.7. The molecule has 0 rings (SSSR count). The second kappa shape index (κ2) is 10.6. The first-order chi connectivity index (χ1) is 9.97. The third-order valence-electron chi connectivity index (χ3n) is 3.66. The number of amides is 2. The van der Waals surface area contributed by atoms with E-state index in [1.807, 2.05) is 13.8 Å². The van der Waals surface area contributed by atoms with Crippen molar-refractivity contribution in [3.63, 3.8) is 0 Å². The Bertz CT molecular complexity index is 315. The van der Waals surface area contributed by atoms with Crippen molar-refractivity contribution in [2.24, 2.45) is 11.1 Å². The Morgan fingerprint density at radius 2 is 1.81 bits per heavy atom. The van der Waals surface area contributed by atoms with Crippen molar-refractivity contribution in [3.05, 3.63) is 0 Å². The summed E-state index contributed by atoms with van der Waals surface area (Å²) in [7, 11) is 3.24. The molecule has 0 unspecified atom stereocenters. The van der Waals surface area contributed by atoms with Gasteiger partial charge in [0.15, 0.2) is 0 Å². The lowest BCUT2D eigenvalue weighted by atomic mass is 9.78. The molecule has 0 atom stereocenters. The maximum Gasteiger partial charge on any atom is 0.239 e. The van der Waals surface area contributed by atoms with Gasteiger partial charge in [-0.15, -0.1) is 0 Å². The summed E-state index contributed by atoms with van der Waals surface area (Å²) in [5.74, 6) is -0.211. The van der Waals surface area contributed by atoms with Crippen molar-refractivity contribution in [2.75, 3.05) is 40.4 Å². The summed E-state index contributed by atoms with van der Waals surface area (Å²) >= 11 is 0. The van der Waals surface area contributed by atoms with Crippen LogP contribution in [0.1, 0.15) is 39.5 Å². The summed E-state index contributed by atoms with van der Waals surface area (Å²) in [6.07, 6.45) is 3.31. The number of hydrogen-bond acceptors (Lipinski definition) is 4. The molecule has 0 aromatic heterocycles. The Hall–Kier alpha value is -1.14. The second-order valence-electron chi connectivity index (χ2n) is 5.49. The highest BCUT2D eigenvalue weighted by atomic mass is 16.5. The fourth-order valence-electron chi connectivity index (χ4n) is 2.63. The predicted octanol–water partition coefficient (Wildman–Crippen LogP) is 0.753. The molecule has 0 saturated heterocycles. The molecule has 0 heterocycles. The Kier molecular flexibility index (Phi) is 9.99. The van der Waals surface area contributed by atoms with Crippen LogP contribution < -0.4 is 11.1 Å². The first kappa shape index (κ1) is 19.9. The highest BCUT2D eigenvalue weighted by molar-refractivity contribution is 5.88. The third kappa shape index (κ3) is 6.44. The fraction of sp³-hybridized carbons (Fsp3) is 0.867. The van der Waals surface area contributed by atoms with Crippen LogP contribution in [0.3, 0.4) is 0 Å². The standard InChI is InChI=1S/C15H31N3O3/c1-5-7-15(12-16,8-6-2)14(20)18(3)11-13(19)17-9-10-21-4/h5-12,16H2,1-4H3,(H,17,19). The molecule has 3 N–H and O–H groups in total. The van der Waals surface area contributed by atoms with Crippen molar-refractivity contribution in [2.45, 2.75) is 39.5 Å². The van der Waals surface area contributed by atoms with Gasteiger partial charge in [-0.1, -0.05) is 26.7 Å². The lowest BCUT2D eigenvalue weighted by Crippen LogP contribution is -2.49. The van der Waals surface area contributed by atoms with E-state index in [2.05, 4.69) is 5.32 Å². The van der Waals surface area contributed by atoms with Gasteiger partial charge >= 0.3 is 0 Å². The number of likely N-dealkylation sites (N-methyl/N-ethyl adjacent to an activating group) is 1. The molecular weight excluding hydrogens is 270 g/mol. The molecule has 0 radical (unpaired) electrons. The normalized spacial score (nSPS) is 11.3. The topological polar surface area (TPSA) is 84.7 Å². The molecule has 2 amide bonds. The minimum Gasteiger partial charge on any atom is -0.383 e. The van der Waals surface area contributed by atoms with Crippen LogP contribution in [-0.4, -0.2) is 57.1 Å². The van der Waals surface area contributed by atoms with Gasteiger partial charge in [0.05, 0.1) is 18.6 Å². The van der Waals surface area contributed by atoms with Gasteiger partial charge in [0.1, 0.15) is 0 Å². The van der Waals surface area contributed by atoms with Gasteiger partial charge in [-0.2, -0.15) is 0 Å². The first-order valence-electron chi connectivity index (χ1n) is 7.68. The molecule has 0 aliphatic heterocycles. The minimum absolute atomic E-state index is 0.0319. The van der Waals surface area contributed by atoms with E-state index in [0.717, 1.165) is 25.7 Å². The average molecular weight is 301 g/mol. The van der Waals surface area contributed by atoms with Gasteiger partial charge in [0.2, 0.25) is 11.8 Å². The Morgan fingerprint density at radius 3 is 2.24 bits per heavy atom. The molecule has 0 aliphatic rings. The molecule has 0 bridgehead atoms. The van der Waals surface area contributed by atoms with E-state index in [4.69, 9.17) is 10.5 Å². The van der Waals surface area contributed by atoms with Crippen molar-refractivity contribution in [1.29, 1.82) is 0 Å². The van der Waals surface area contributed by atoms with E-state index in [0.29, 0.717) is 19.7 Å². The van der Waals surface area contributed by atoms with Crippen LogP contribution >= 0.6 is 0 Å². The molecule has 0 saturated carbocycles. The molecular formula is C15H31N3O3. The van der Waals surface area contributed by atoms with Gasteiger partial charge < -0.3 is 20.7 Å². The molecule has 0 aromatic rings. The summed E-state index contributed by atoms with van der Waals surface area (Å²) in [5.41, 5.74) is 5.35. The zero-order chi connectivity index (χ0) is 16.3. The van der Waals surface area contributed by atoms with Gasteiger partial charge in [0, 0.05) is 27.2 Å². The fourth-order valence-corrected chi connectivity index (χ4v) is 2.63. The summed E-state index contributed by atoms with van der Waals surface area (Å²) in [4.78, 5) is 25.9. The number of nitrogens with zero attached hydrogens (tertiary/aromatic N) is 1. The first-order valence-corrected chi connectivity index (χ1v) is 7.68. The van der Waals surface area contributed by atoms with Crippen molar-refractivity contribution in [3.8, 4) is 0 Å². The van der Waals surface area contributed by atoms with Crippen molar-refractivity contribution < 1.29 is 14.3 Å². The quantitative estimate of drug-likeness (QED) is 0.552. The molecule has 124 valence electrons. The molecule has 0 aromatic carbocycles. The summed E-state index contributed by atoms with van der Waals surface area (Å²) in [6, 6.07) is 0. The molecule has 6 heteroatoms. The highest BCUT2D eigenvalue weighted by Gasteiger charge is 2.37. The van der Waals surface area contributed by atoms with Crippen LogP contribution in [0.15, 0.2) is 0 Å². The van der Waals surface area contributed by atoms with Crippen LogP contribution in [0.5, 0.6) is 0 Å². The number of rotatable bonds is 11. The number of ether oxygens (including phenoxy) is 1. The lowest BCUT2D eigenvalue weighted by molar-refractivity contribution is -0.144. The molecule has 21 heavy (non-hydrogen) atoms. The highest BCUT2D eigenvalue weighted by Crippen LogP contribution is 2.30. The SMILES string of the molecule is CCCC(CN)(CCC)C(=O)N(C)CC(=O)NCCOC. The van der Waals surface area contributed by atoms with E-state index in [9.17, 15) is 9.59 Å². The second-order valence-corrected chi connectivity index (χ2v) is 5.49. The van der Waals surface area contributed by atoms with Crippen molar-refractivity contribution in [1.82, 2.24) is 10.2 Å². The van der Waals surface area contributed by atoms with E-state index < -0.39 is 5.41 Å². The summed E-state index contributed by atoms with van der Waals surface area (Å²) < 4.78 is 4.87. The van der Waals surface area contributed by atoms with E-state index in [1.165, 1.54) is 4.90 Å². The molecule has 0 spiro atoms. The zero-order valence-corrected chi connectivity index (χ0v) is 13.9. The van der Waals surface area contributed by atoms with Crippen LogP contribution in [0.4, 0.5) is 0 Å². The van der Waals surface area contributed by atoms with Gasteiger partial charge in [-0.05, 0) is 12.8 Å². The van der Waals surface area contributed by atoms with E-state index >= 15 is 0 Å². The van der Waals surface area contributed by atoms with E-state index in [-0.39, 0.29) is 18.4 Å². The monoisotopic (exact) mass is 301 g/mol. The minimum atomic E-state index is -0.537. The van der Waals surface area contributed by atoms with E-state index in [1.54, 1.807) is 14.2 Å². The number of nitrogens with one attached hydrogen (secondary N) is 1. The summed E-state index contributed by atoms with van der Waals surface area (Å²) in [5, 5.41) is 2.71. The van der Waals surface area contributed by atoms with Crippen LogP contribution in [0, 0.1) is 5.41 Å². The van der Waals surface area contributed by atoms with Gasteiger partial charge in [-0.3, -0.25) is 9.59 Å². The number of hydrogen-bond donors (Lipinski definition) is 2. The molecule has 6 nitrogen and oxygen atoms in total. The Labute approximate surface area is 128 Å². The van der Waals surface area contributed by atoms with Crippen LogP contribution in [-0.2, 0) is 14.3 Å². The number of carbonyl (C=O) groups excluding carboxylic acids is 2. The van der Waals surface area contributed by atoms with Crippen LogP contribution in [0.25, 0.3) is 0 Å². The van der Waals surface area contributed by atoms with Crippen molar-refractivity contribution >= 4 is 11.8 Å². The smallest absolute Gasteiger partial charge is 0.239 e. The van der Waals surface area contributed by atoms with Gasteiger partial charge in [0.25, 0.3) is 0 Å². The number of carbonyl (C=O) groups is 2. The Morgan fingerprint density at radius 1 is 1.24 bits per heavy atom. The lowest BCUT2D eigenvalue weighted by Gasteiger charge is -2.34. The molecule has 0 fully saturated rings. The molecule has 0 aliphatic carbocycles. The predicted molar refractivity (Wildman–Crippen MR) is 83.8 cm³/mol. The summed E-state index contributed by atoms with van der Waals surface area (Å²) in [6.45, 7) is 5.38. The number of methoxy groups -OCH3 is 1. The largest absolute Gasteiger partial charge is 0.383 e. The van der Waals surface area contributed by atoms with Gasteiger partial charge in [-0.25, -0.2) is 0 Å².